The number of aromatic amines is 1. The Bertz CT molecular complexity index is 1110. The van der Waals surface area contributed by atoms with Crippen LogP contribution in [0.25, 0.3) is 22.5 Å². The molecule has 0 bridgehead atoms. The highest BCUT2D eigenvalue weighted by atomic mass is 32.1. The molecule has 27 heavy (non-hydrogen) atoms. The number of nitrogens with zero attached hydrogens (tertiary/aromatic N) is 2. The largest absolute Gasteiger partial charge is 0.364 e. The number of carbonyl (C=O) groups is 2. The van der Waals surface area contributed by atoms with E-state index in [0.717, 1.165) is 5.56 Å². The van der Waals surface area contributed by atoms with Crippen molar-refractivity contribution in [1.29, 1.82) is 0 Å². The number of amides is 2. The maximum Gasteiger partial charge on any atom is 0.296 e. The van der Waals surface area contributed by atoms with Crippen molar-refractivity contribution in [3.8, 4) is 22.5 Å². The van der Waals surface area contributed by atoms with Crippen LogP contribution in [0.1, 0.15) is 21.0 Å². The normalized spacial score (nSPS) is 10.7. The van der Waals surface area contributed by atoms with Gasteiger partial charge in [-0.3, -0.25) is 14.9 Å². The highest BCUT2D eigenvalue weighted by Crippen LogP contribution is 2.26. The van der Waals surface area contributed by atoms with E-state index >= 15 is 0 Å². The molecule has 8 nitrogen and oxygen atoms in total. The number of primary amides is 1. The SMILES string of the molecule is NC(=O)c1cc(-c2csc(NC(=O)c3cc(-c4ccccc4)no3)n2)c[nH]1. The highest BCUT2D eigenvalue weighted by Gasteiger charge is 2.16. The number of hydrogen-bond donors (Lipinski definition) is 3. The van der Waals surface area contributed by atoms with Gasteiger partial charge >= 0.3 is 0 Å². The monoisotopic (exact) mass is 379 g/mol. The second-order valence-electron chi connectivity index (χ2n) is 5.60. The number of carbonyl (C=O) groups excluding carboxylic acids is 2. The number of benzene rings is 1. The summed E-state index contributed by atoms with van der Waals surface area (Å²) in [5, 5.41) is 8.76. The number of aromatic nitrogens is 3. The van der Waals surface area contributed by atoms with E-state index in [9.17, 15) is 9.59 Å². The van der Waals surface area contributed by atoms with Crippen LogP contribution in [0.4, 0.5) is 5.13 Å². The van der Waals surface area contributed by atoms with E-state index in [2.05, 4.69) is 20.4 Å². The topological polar surface area (TPSA) is 127 Å². The molecule has 0 spiro atoms. The third-order valence-electron chi connectivity index (χ3n) is 3.77. The number of nitrogens with one attached hydrogen (secondary N) is 2. The van der Waals surface area contributed by atoms with Crippen molar-refractivity contribution in [2.45, 2.75) is 0 Å². The van der Waals surface area contributed by atoms with Gasteiger partial charge in [0.1, 0.15) is 11.4 Å². The predicted molar refractivity (Wildman–Crippen MR) is 100 cm³/mol. The van der Waals surface area contributed by atoms with Crippen LogP contribution in [0.5, 0.6) is 0 Å². The maximum atomic E-state index is 12.4. The van der Waals surface area contributed by atoms with Gasteiger partial charge in [0.2, 0.25) is 5.76 Å². The van der Waals surface area contributed by atoms with Crippen LogP contribution in [-0.4, -0.2) is 26.9 Å². The van der Waals surface area contributed by atoms with Gasteiger partial charge in [-0.2, -0.15) is 0 Å². The van der Waals surface area contributed by atoms with Crippen LogP contribution in [0.15, 0.2) is 58.6 Å². The first-order valence-corrected chi connectivity index (χ1v) is 8.76. The van der Waals surface area contributed by atoms with Gasteiger partial charge in [-0.25, -0.2) is 4.98 Å². The molecule has 4 aromatic rings. The van der Waals surface area contributed by atoms with E-state index in [-0.39, 0.29) is 5.76 Å². The lowest BCUT2D eigenvalue weighted by atomic mass is 10.1. The van der Waals surface area contributed by atoms with E-state index in [0.29, 0.717) is 27.8 Å². The number of H-pyrrole nitrogens is 1. The first-order valence-electron chi connectivity index (χ1n) is 7.88. The summed E-state index contributed by atoms with van der Waals surface area (Å²) in [5.74, 6) is -0.912. The van der Waals surface area contributed by atoms with E-state index < -0.39 is 11.8 Å². The van der Waals surface area contributed by atoms with Crippen LogP contribution < -0.4 is 11.1 Å². The maximum absolute atomic E-state index is 12.4. The second kappa shape index (κ2) is 6.89. The number of hydrogen-bond acceptors (Lipinski definition) is 6. The van der Waals surface area contributed by atoms with Gasteiger partial charge in [-0.15, -0.1) is 11.3 Å². The predicted octanol–water partition coefficient (Wildman–Crippen LogP) is 3.14. The summed E-state index contributed by atoms with van der Waals surface area (Å²) in [6.45, 7) is 0. The molecular weight excluding hydrogens is 366 g/mol. The molecule has 4 N–H and O–H groups in total. The van der Waals surface area contributed by atoms with Gasteiger partial charge in [0.05, 0.1) is 5.69 Å². The minimum atomic E-state index is -0.551. The zero-order valence-corrected chi connectivity index (χ0v) is 14.6. The van der Waals surface area contributed by atoms with Crippen molar-refractivity contribution >= 4 is 28.3 Å². The number of anilines is 1. The Morgan fingerprint density at radius 2 is 1.93 bits per heavy atom. The fraction of sp³-hybridized carbons (Fsp3) is 0. The number of nitrogens with two attached hydrogens (primary N) is 1. The third-order valence-corrected chi connectivity index (χ3v) is 4.53. The molecule has 0 fully saturated rings. The molecule has 0 radical (unpaired) electrons. The van der Waals surface area contributed by atoms with Gasteiger partial charge in [-0.1, -0.05) is 35.5 Å². The summed E-state index contributed by atoms with van der Waals surface area (Å²) in [6, 6.07) is 12.6. The first kappa shape index (κ1) is 16.7. The second-order valence-corrected chi connectivity index (χ2v) is 6.46. The Kier molecular flexibility index (Phi) is 4.27. The first-order chi connectivity index (χ1) is 13.1. The standard InChI is InChI=1S/C18H13N5O3S/c19-16(24)13-6-11(8-20-13)14-9-27-18(21-14)22-17(25)15-7-12(23-26-15)10-4-2-1-3-5-10/h1-9,20H,(H2,19,24)(H,21,22,25). The van der Waals surface area contributed by atoms with E-state index in [1.54, 1.807) is 23.7 Å². The lowest BCUT2D eigenvalue weighted by molar-refractivity contribution is 0.0983. The molecule has 9 heteroatoms. The molecule has 0 unspecified atom stereocenters. The highest BCUT2D eigenvalue weighted by molar-refractivity contribution is 7.14. The molecule has 3 heterocycles. The fourth-order valence-electron chi connectivity index (χ4n) is 2.43. The van der Waals surface area contributed by atoms with E-state index in [4.69, 9.17) is 10.3 Å². The lowest BCUT2D eigenvalue weighted by Gasteiger charge is -1.96. The third kappa shape index (κ3) is 3.48. The molecule has 0 aliphatic rings. The van der Waals surface area contributed by atoms with Crippen LogP contribution in [-0.2, 0) is 0 Å². The Morgan fingerprint density at radius 1 is 1.11 bits per heavy atom. The molecule has 1 aromatic carbocycles. The van der Waals surface area contributed by atoms with Crippen molar-refractivity contribution in [3.63, 3.8) is 0 Å². The molecular formula is C18H13N5O3S. The Balaban J connectivity index is 1.48. The molecule has 0 saturated carbocycles. The summed E-state index contributed by atoms with van der Waals surface area (Å²) in [6.07, 6.45) is 1.63. The van der Waals surface area contributed by atoms with Crippen LogP contribution in [0.2, 0.25) is 0 Å². The minimum absolute atomic E-state index is 0.0864. The minimum Gasteiger partial charge on any atom is -0.364 e. The van der Waals surface area contributed by atoms with Gasteiger partial charge in [-0.05, 0) is 6.07 Å². The van der Waals surface area contributed by atoms with Crippen molar-refractivity contribution in [2.24, 2.45) is 5.73 Å². The van der Waals surface area contributed by atoms with Crippen molar-refractivity contribution in [1.82, 2.24) is 15.1 Å². The van der Waals surface area contributed by atoms with Crippen molar-refractivity contribution in [2.75, 3.05) is 5.32 Å². The van der Waals surface area contributed by atoms with Gasteiger partial charge in [0.25, 0.3) is 11.8 Å². The lowest BCUT2D eigenvalue weighted by Crippen LogP contribution is -2.10. The molecule has 0 atom stereocenters. The summed E-state index contributed by atoms with van der Waals surface area (Å²) in [5.41, 5.74) is 8.26. The zero-order valence-electron chi connectivity index (χ0n) is 13.8. The molecule has 3 aromatic heterocycles. The van der Waals surface area contributed by atoms with Crippen LogP contribution in [0, 0.1) is 0 Å². The molecule has 0 aliphatic carbocycles. The smallest absolute Gasteiger partial charge is 0.296 e. The molecule has 134 valence electrons. The molecule has 4 rings (SSSR count). The summed E-state index contributed by atoms with van der Waals surface area (Å²) in [7, 11) is 0. The van der Waals surface area contributed by atoms with Crippen molar-refractivity contribution in [3.05, 3.63) is 65.5 Å². The van der Waals surface area contributed by atoms with Gasteiger partial charge in [0, 0.05) is 28.8 Å². The van der Waals surface area contributed by atoms with Gasteiger partial charge in [0.15, 0.2) is 5.13 Å². The molecule has 0 saturated heterocycles. The fourth-order valence-corrected chi connectivity index (χ4v) is 3.15. The Labute approximate surface area is 157 Å². The summed E-state index contributed by atoms with van der Waals surface area (Å²) < 4.78 is 5.13. The van der Waals surface area contributed by atoms with Crippen molar-refractivity contribution < 1.29 is 14.1 Å². The van der Waals surface area contributed by atoms with E-state index in [1.165, 1.54) is 11.3 Å². The summed E-state index contributed by atoms with van der Waals surface area (Å²) >= 11 is 1.25. The number of rotatable bonds is 5. The molecule has 2 amide bonds. The van der Waals surface area contributed by atoms with Crippen LogP contribution in [0.3, 0.4) is 0 Å². The summed E-state index contributed by atoms with van der Waals surface area (Å²) in [4.78, 5) is 30.6. The van der Waals surface area contributed by atoms with Gasteiger partial charge < -0.3 is 15.2 Å². The zero-order chi connectivity index (χ0) is 18.8. The average molecular weight is 379 g/mol. The Morgan fingerprint density at radius 3 is 2.67 bits per heavy atom. The Hall–Kier alpha value is -3.72. The molecule has 0 aliphatic heterocycles. The van der Waals surface area contributed by atoms with E-state index in [1.807, 2.05) is 30.3 Å². The number of thiazole rings is 1. The quantitative estimate of drug-likeness (QED) is 0.491. The average Bonchev–Trinajstić information content (AvgIpc) is 3.42. The van der Waals surface area contributed by atoms with Crippen LogP contribution >= 0.6 is 11.3 Å².